The van der Waals surface area contributed by atoms with Gasteiger partial charge in [0.05, 0.1) is 12.2 Å². The van der Waals surface area contributed by atoms with E-state index in [0.29, 0.717) is 17.3 Å². The Balaban J connectivity index is 1.82. The molecule has 24 heavy (non-hydrogen) atoms. The van der Waals surface area contributed by atoms with Crippen LogP contribution in [0.5, 0.6) is 0 Å². The van der Waals surface area contributed by atoms with Crippen LogP contribution in [0.3, 0.4) is 0 Å². The van der Waals surface area contributed by atoms with Gasteiger partial charge in [0.2, 0.25) is 0 Å². The fourth-order valence-electron chi connectivity index (χ4n) is 2.86. The number of para-hydroxylation sites is 1. The van der Waals surface area contributed by atoms with E-state index in [9.17, 15) is 4.79 Å². The molecule has 1 heterocycles. The number of thiocarbonyl (C=S) groups is 1. The molecular weight excluding hydrogens is 340 g/mol. The summed E-state index contributed by atoms with van der Waals surface area (Å²) in [7, 11) is 0. The average molecular weight is 361 g/mol. The Morgan fingerprint density at radius 2 is 1.96 bits per heavy atom. The van der Waals surface area contributed by atoms with Gasteiger partial charge in [0.25, 0.3) is 0 Å². The molecule has 0 spiro atoms. The zero-order chi connectivity index (χ0) is 16.9. The van der Waals surface area contributed by atoms with Gasteiger partial charge in [0, 0.05) is 10.6 Å². The van der Waals surface area contributed by atoms with Crippen LogP contribution in [0.25, 0.3) is 0 Å². The highest BCUT2D eigenvalue weighted by Crippen LogP contribution is 2.38. The number of benzene rings is 1. The number of carbonyl (C=O) groups excluding carboxylic acids is 1. The normalized spacial score (nSPS) is 13.0. The van der Waals surface area contributed by atoms with Crippen LogP contribution in [0.1, 0.15) is 40.6 Å². The quantitative estimate of drug-likeness (QED) is 0.616. The van der Waals surface area contributed by atoms with Crippen molar-refractivity contribution in [2.24, 2.45) is 0 Å². The zero-order valence-electron chi connectivity index (χ0n) is 13.6. The maximum atomic E-state index is 12.4. The van der Waals surface area contributed by atoms with Gasteiger partial charge in [-0.25, -0.2) is 4.79 Å². The molecule has 0 aliphatic heterocycles. The number of fused-ring (bicyclic) bond motifs is 1. The molecule has 126 valence electrons. The Labute approximate surface area is 151 Å². The fraction of sp³-hybridized carbons (Fsp3) is 0.333. The van der Waals surface area contributed by atoms with Gasteiger partial charge in [-0.05, 0) is 62.5 Å². The van der Waals surface area contributed by atoms with E-state index in [1.165, 1.54) is 11.3 Å². The molecule has 1 aromatic heterocycles. The summed E-state index contributed by atoms with van der Waals surface area (Å²) in [5, 5.41) is 7.60. The topological polar surface area (TPSA) is 50.4 Å². The average Bonchev–Trinajstić information content (AvgIpc) is 2.93. The summed E-state index contributed by atoms with van der Waals surface area (Å²) in [6, 6.07) is 9.73. The van der Waals surface area contributed by atoms with Gasteiger partial charge in [-0.2, -0.15) is 0 Å². The molecule has 0 saturated carbocycles. The molecular formula is C18H20N2O2S2. The molecule has 3 rings (SSSR count). The van der Waals surface area contributed by atoms with Crippen LogP contribution in [0.15, 0.2) is 30.3 Å². The molecule has 2 N–H and O–H groups in total. The van der Waals surface area contributed by atoms with Gasteiger partial charge in [0.1, 0.15) is 5.00 Å². The molecule has 0 fully saturated rings. The summed E-state index contributed by atoms with van der Waals surface area (Å²) < 4.78 is 5.26. The van der Waals surface area contributed by atoms with E-state index in [2.05, 4.69) is 10.6 Å². The Hall–Kier alpha value is -1.92. The minimum Gasteiger partial charge on any atom is -0.462 e. The van der Waals surface area contributed by atoms with Crippen LogP contribution < -0.4 is 10.6 Å². The van der Waals surface area contributed by atoms with Crippen LogP contribution in [0, 0.1) is 0 Å². The third kappa shape index (κ3) is 3.76. The van der Waals surface area contributed by atoms with Gasteiger partial charge in [-0.15, -0.1) is 11.3 Å². The van der Waals surface area contributed by atoms with E-state index < -0.39 is 0 Å². The van der Waals surface area contributed by atoms with E-state index in [-0.39, 0.29) is 5.97 Å². The monoisotopic (exact) mass is 360 g/mol. The number of ether oxygens (including phenoxy) is 1. The molecule has 0 amide bonds. The number of thiophene rings is 1. The van der Waals surface area contributed by atoms with Crippen molar-refractivity contribution in [1.82, 2.24) is 0 Å². The third-order valence-electron chi connectivity index (χ3n) is 3.91. The van der Waals surface area contributed by atoms with Crippen LogP contribution in [0.2, 0.25) is 0 Å². The number of nitrogens with one attached hydrogen (secondary N) is 2. The van der Waals surface area contributed by atoms with E-state index in [4.69, 9.17) is 17.0 Å². The van der Waals surface area contributed by atoms with Gasteiger partial charge < -0.3 is 15.4 Å². The van der Waals surface area contributed by atoms with Crippen molar-refractivity contribution < 1.29 is 9.53 Å². The summed E-state index contributed by atoms with van der Waals surface area (Å²) in [5.74, 6) is -0.262. The number of esters is 1. The van der Waals surface area contributed by atoms with Gasteiger partial charge in [0.15, 0.2) is 5.11 Å². The molecule has 1 aromatic carbocycles. The van der Waals surface area contributed by atoms with Crippen molar-refractivity contribution in [2.45, 2.75) is 32.6 Å². The molecule has 2 aromatic rings. The highest BCUT2D eigenvalue weighted by atomic mass is 32.1. The van der Waals surface area contributed by atoms with Crippen molar-refractivity contribution in [3.63, 3.8) is 0 Å². The van der Waals surface area contributed by atoms with Crippen LogP contribution in [0.4, 0.5) is 10.7 Å². The molecule has 0 saturated heterocycles. The summed E-state index contributed by atoms with van der Waals surface area (Å²) in [6.45, 7) is 2.20. The largest absolute Gasteiger partial charge is 0.462 e. The first-order chi connectivity index (χ1) is 11.7. The lowest BCUT2D eigenvalue weighted by Crippen LogP contribution is -2.20. The second-order valence-electron chi connectivity index (χ2n) is 5.58. The first kappa shape index (κ1) is 16.9. The molecule has 0 bridgehead atoms. The van der Waals surface area contributed by atoms with Crippen molar-refractivity contribution in [1.29, 1.82) is 0 Å². The highest BCUT2D eigenvalue weighted by Gasteiger charge is 2.26. The van der Waals surface area contributed by atoms with E-state index in [1.807, 2.05) is 37.3 Å². The van der Waals surface area contributed by atoms with Gasteiger partial charge in [-0.1, -0.05) is 18.2 Å². The summed E-state index contributed by atoms with van der Waals surface area (Å²) >= 11 is 7.02. The highest BCUT2D eigenvalue weighted by molar-refractivity contribution is 7.80. The number of aryl methyl sites for hydroxylation is 1. The van der Waals surface area contributed by atoms with Crippen molar-refractivity contribution in [3.8, 4) is 0 Å². The van der Waals surface area contributed by atoms with Crippen molar-refractivity contribution in [2.75, 3.05) is 17.2 Å². The van der Waals surface area contributed by atoms with Gasteiger partial charge >= 0.3 is 5.97 Å². The second-order valence-corrected chi connectivity index (χ2v) is 7.09. The fourth-order valence-corrected chi connectivity index (χ4v) is 4.43. The Bertz CT molecular complexity index is 741. The van der Waals surface area contributed by atoms with E-state index in [0.717, 1.165) is 35.5 Å². The molecule has 0 unspecified atom stereocenters. The first-order valence-corrected chi connectivity index (χ1v) is 9.36. The maximum absolute atomic E-state index is 12.4. The Morgan fingerprint density at radius 1 is 1.21 bits per heavy atom. The number of hydrogen-bond acceptors (Lipinski definition) is 4. The molecule has 1 aliphatic carbocycles. The summed E-state index contributed by atoms with van der Waals surface area (Å²) in [4.78, 5) is 13.7. The number of hydrogen-bond donors (Lipinski definition) is 2. The molecule has 6 heteroatoms. The van der Waals surface area contributed by atoms with Crippen molar-refractivity contribution in [3.05, 3.63) is 46.3 Å². The number of carbonyl (C=O) groups is 1. The lowest BCUT2D eigenvalue weighted by molar-refractivity contribution is 0.0526. The molecule has 1 aliphatic rings. The van der Waals surface area contributed by atoms with E-state index in [1.54, 1.807) is 11.3 Å². The molecule has 0 radical (unpaired) electrons. The predicted octanol–water partition coefficient (Wildman–Crippen LogP) is 4.61. The Morgan fingerprint density at radius 3 is 2.71 bits per heavy atom. The lowest BCUT2D eigenvalue weighted by Gasteiger charge is -2.13. The first-order valence-electron chi connectivity index (χ1n) is 8.13. The minimum absolute atomic E-state index is 0.262. The zero-order valence-corrected chi connectivity index (χ0v) is 15.2. The minimum atomic E-state index is -0.262. The van der Waals surface area contributed by atoms with E-state index >= 15 is 0 Å². The number of rotatable bonds is 4. The number of anilines is 2. The predicted molar refractivity (Wildman–Crippen MR) is 103 cm³/mol. The molecule has 4 nitrogen and oxygen atoms in total. The third-order valence-corrected chi connectivity index (χ3v) is 5.32. The van der Waals surface area contributed by atoms with Crippen LogP contribution in [-0.2, 0) is 17.6 Å². The lowest BCUT2D eigenvalue weighted by atomic mass is 9.95. The van der Waals surface area contributed by atoms with Crippen molar-refractivity contribution >= 4 is 45.3 Å². The van der Waals surface area contributed by atoms with Crippen LogP contribution in [-0.4, -0.2) is 17.7 Å². The second kappa shape index (κ2) is 7.77. The summed E-state index contributed by atoms with van der Waals surface area (Å²) in [6.07, 6.45) is 4.23. The molecule has 0 atom stereocenters. The maximum Gasteiger partial charge on any atom is 0.341 e. The standard InChI is InChI=1S/C18H20N2O2S2/c1-2-22-17(21)15-13-10-6-7-11-14(13)24-16(15)20-18(23)19-12-8-4-3-5-9-12/h3-5,8-9H,2,6-7,10-11H2,1H3,(H2,19,20,23). The Kier molecular flexibility index (Phi) is 5.48. The van der Waals surface area contributed by atoms with Crippen LogP contribution >= 0.6 is 23.6 Å². The SMILES string of the molecule is CCOC(=O)c1c(NC(=S)Nc2ccccc2)sc2c1CCCC2. The smallest absolute Gasteiger partial charge is 0.341 e. The summed E-state index contributed by atoms with van der Waals surface area (Å²) in [5.41, 5.74) is 2.71. The van der Waals surface area contributed by atoms with Gasteiger partial charge in [-0.3, -0.25) is 0 Å².